The van der Waals surface area contributed by atoms with Gasteiger partial charge in [-0.3, -0.25) is 0 Å². The van der Waals surface area contributed by atoms with Gasteiger partial charge in [-0.1, -0.05) is 12.1 Å². The Kier molecular flexibility index (Phi) is 5.86. The lowest BCUT2D eigenvalue weighted by molar-refractivity contribution is 0.299. The molecule has 1 aromatic carbocycles. The lowest BCUT2D eigenvalue weighted by Gasteiger charge is -2.09. The topological polar surface area (TPSA) is 12.5 Å². The highest BCUT2D eigenvalue weighted by atomic mass is 16.5. The summed E-state index contributed by atoms with van der Waals surface area (Å²) < 4.78 is 5.58. The monoisotopic (exact) mass is 206 g/mol. The second-order valence-corrected chi connectivity index (χ2v) is 3.95. The summed E-state index contributed by atoms with van der Waals surface area (Å²) in [5.74, 6) is 0.946. The number of ether oxygens (including phenoxy) is 1. The molecule has 2 nitrogen and oxygen atoms in total. The maximum Gasteiger partial charge on any atom is 0.119 e. The molecule has 0 amide bonds. The van der Waals surface area contributed by atoms with Gasteiger partial charge in [-0.05, 0) is 58.1 Å². The van der Waals surface area contributed by atoms with E-state index in [-0.39, 0.29) is 0 Å². The first-order valence-electron chi connectivity index (χ1n) is 5.52. The number of hydrogen-bond acceptors (Lipinski definition) is 2. The van der Waals surface area contributed by atoms with Crippen LogP contribution in [0.5, 0.6) is 5.75 Å². The summed E-state index contributed by atoms with van der Waals surface area (Å²) in [6.07, 6.45) is 3.61. The summed E-state index contributed by atoms with van der Waals surface area (Å²) in [4.78, 5) is 2.22. The van der Waals surface area contributed by atoms with Gasteiger partial charge in [0.05, 0.1) is 6.61 Å². The van der Waals surface area contributed by atoms with E-state index in [0.717, 1.165) is 18.8 Å². The van der Waals surface area contributed by atoms with Gasteiger partial charge in [-0.15, -0.1) is 0 Å². The highest BCUT2D eigenvalue weighted by Gasteiger charge is 1.93. The smallest absolute Gasteiger partial charge is 0.119 e. The Hall–Kier alpha value is -1.02. The van der Waals surface area contributed by atoms with Gasteiger partial charge in [-0.25, -0.2) is 0 Å². The van der Waals surface area contributed by atoms with Crippen LogP contribution in [-0.2, 0) is 0 Å². The van der Waals surface area contributed by atoms with Gasteiger partial charge in [0.2, 0.25) is 0 Å². The lowest BCUT2D eigenvalue weighted by Crippen LogP contribution is -2.12. The van der Waals surface area contributed by atoms with Crippen molar-refractivity contribution in [2.75, 3.05) is 27.2 Å². The van der Waals surface area contributed by atoms with Crippen molar-refractivity contribution in [1.29, 1.82) is 0 Å². The fourth-order valence-electron chi connectivity index (χ4n) is 1.36. The van der Waals surface area contributed by atoms with Crippen molar-refractivity contribution < 1.29 is 4.74 Å². The summed E-state index contributed by atoms with van der Waals surface area (Å²) in [5.41, 5.74) is 0. The first-order chi connectivity index (χ1) is 7.29. The molecule has 1 aromatic rings. The maximum absolute atomic E-state index is 5.58. The molecule has 0 N–H and O–H groups in total. The Bertz CT molecular complexity index is 246. The zero-order valence-electron chi connectivity index (χ0n) is 9.70. The average molecular weight is 206 g/mol. The summed E-state index contributed by atoms with van der Waals surface area (Å²) in [5, 5.41) is 0. The summed E-state index contributed by atoms with van der Waals surface area (Å²) in [6.45, 7) is 1.98. The number of hydrogen-bond donors (Lipinski definition) is 0. The van der Waals surface area contributed by atoms with E-state index in [2.05, 4.69) is 25.1 Å². The van der Waals surface area contributed by atoms with Crippen molar-refractivity contribution in [1.82, 2.24) is 4.90 Å². The van der Waals surface area contributed by atoms with E-state index < -0.39 is 0 Å². The Labute approximate surface area is 92.9 Å². The molecular weight excluding hydrogens is 186 g/mol. The summed E-state index contributed by atoms with van der Waals surface area (Å²) in [6, 6.07) is 10.6. The molecule has 1 radical (unpaired) electrons. The highest BCUT2D eigenvalue weighted by Crippen LogP contribution is 2.08. The third-order valence-corrected chi connectivity index (χ3v) is 2.21. The minimum atomic E-state index is 0.817. The van der Waals surface area contributed by atoms with Crippen LogP contribution in [0, 0.1) is 6.07 Å². The Morgan fingerprint density at radius 1 is 1.13 bits per heavy atom. The SMILES string of the molecule is CN(C)CCCCCOc1cc[c]cc1. The molecule has 15 heavy (non-hydrogen) atoms. The molecule has 83 valence electrons. The van der Waals surface area contributed by atoms with E-state index in [1.165, 1.54) is 19.4 Å². The fourth-order valence-corrected chi connectivity index (χ4v) is 1.36. The molecule has 0 saturated heterocycles. The minimum Gasteiger partial charge on any atom is -0.494 e. The Balaban J connectivity index is 1.98. The Morgan fingerprint density at radius 2 is 1.87 bits per heavy atom. The second-order valence-electron chi connectivity index (χ2n) is 3.95. The van der Waals surface area contributed by atoms with Crippen LogP contribution in [0.3, 0.4) is 0 Å². The molecule has 0 fully saturated rings. The molecule has 0 unspecified atom stereocenters. The molecule has 0 aliphatic carbocycles. The van der Waals surface area contributed by atoms with Crippen molar-refractivity contribution in [2.45, 2.75) is 19.3 Å². The largest absolute Gasteiger partial charge is 0.494 e. The zero-order chi connectivity index (χ0) is 10.9. The van der Waals surface area contributed by atoms with E-state index in [0.29, 0.717) is 0 Å². The number of unbranched alkanes of at least 4 members (excludes halogenated alkanes) is 2. The number of nitrogens with zero attached hydrogens (tertiary/aromatic N) is 1. The molecule has 0 spiro atoms. The quantitative estimate of drug-likeness (QED) is 0.636. The molecule has 0 aromatic heterocycles. The van der Waals surface area contributed by atoms with Gasteiger partial charge in [0.1, 0.15) is 5.75 Å². The van der Waals surface area contributed by atoms with E-state index >= 15 is 0 Å². The van der Waals surface area contributed by atoms with Crippen LogP contribution in [0.25, 0.3) is 0 Å². The van der Waals surface area contributed by atoms with E-state index in [1.54, 1.807) is 0 Å². The first-order valence-corrected chi connectivity index (χ1v) is 5.52. The molecule has 0 saturated carbocycles. The van der Waals surface area contributed by atoms with E-state index in [9.17, 15) is 0 Å². The van der Waals surface area contributed by atoms with Crippen molar-refractivity contribution in [3.63, 3.8) is 0 Å². The fraction of sp³-hybridized carbons (Fsp3) is 0.538. The number of rotatable bonds is 7. The molecular formula is C13H20NO. The van der Waals surface area contributed by atoms with Crippen LogP contribution >= 0.6 is 0 Å². The second kappa shape index (κ2) is 7.30. The predicted molar refractivity (Wildman–Crippen MR) is 63.2 cm³/mol. The van der Waals surface area contributed by atoms with Crippen molar-refractivity contribution in [2.24, 2.45) is 0 Å². The number of benzene rings is 1. The van der Waals surface area contributed by atoms with Crippen LogP contribution in [0.2, 0.25) is 0 Å². The third-order valence-electron chi connectivity index (χ3n) is 2.21. The molecule has 0 aliphatic heterocycles. The standard InChI is InChI=1S/C13H20NO/c1-14(2)11-7-4-8-12-15-13-9-5-3-6-10-13/h5-6,9-10H,4,7-8,11-12H2,1-2H3. The highest BCUT2D eigenvalue weighted by molar-refractivity contribution is 5.20. The summed E-state index contributed by atoms with van der Waals surface area (Å²) >= 11 is 0. The van der Waals surface area contributed by atoms with Crippen LogP contribution in [0.4, 0.5) is 0 Å². The predicted octanol–water partition coefficient (Wildman–Crippen LogP) is 2.60. The van der Waals surface area contributed by atoms with Crippen LogP contribution in [-0.4, -0.2) is 32.1 Å². The van der Waals surface area contributed by atoms with Crippen LogP contribution in [0.15, 0.2) is 24.3 Å². The van der Waals surface area contributed by atoms with Gasteiger partial charge < -0.3 is 9.64 Å². The van der Waals surface area contributed by atoms with Crippen molar-refractivity contribution in [3.05, 3.63) is 30.3 Å². The van der Waals surface area contributed by atoms with Gasteiger partial charge in [-0.2, -0.15) is 0 Å². The first kappa shape index (κ1) is 12.1. The lowest BCUT2D eigenvalue weighted by atomic mass is 10.2. The zero-order valence-corrected chi connectivity index (χ0v) is 9.70. The maximum atomic E-state index is 5.58. The summed E-state index contributed by atoms with van der Waals surface area (Å²) in [7, 11) is 4.22. The van der Waals surface area contributed by atoms with Crippen LogP contribution in [0.1, 0.15) is 19.3 Å². The molecule has 0 aliphatic rings. The molecule has 0 bridgehead atoms. The Morgan fingerprint density at radius 3 is 2.53 bits per heavy atom. The van der Waals surface area contributed by atoms with Crippen molar-refractivity contribution in [3.8, 4) is 5.75 Å². The molecule has 0 atom stereocenters. The minimum absolute atomic E-state index is 0.817. The normalized spacial score (nSPS) is 10.6. The van der Waals surface area contributed by atoms with Gasteiger partial charge >= 0.3 is 0 Å². The van der Waals surface area contributed by atoms with E-state index in [4.69, 9.17) is 4.74 Å². The average Bonchev–Trinajstić information content (AvgIpc) is 2.24. The molecule has 0 heterocycles. The van der Waals surface area contributed by atoms with Crippen LogP contribution < -0.4 is 4.74 Å². The third kappa shape index (κ3) is 6.13. The van der Waals surface area contributed by atoms with E-state index in [1.807, 2.05) is 24.3 Å². The molecule has 1 rings (SSSR count). The van der Waals surface area contributed by atoms with Crippen molar-refractivity contribution >= 4 is 0 Å². The van der Waals surface area contributed by atoms with Gasteiger partial charge in [0, 0.05) is 0 Å². The van der Waals surface area contributed by atoms with Gasteiger partial charge in [0.15, 0.2) is 0 Å². The van der Waals surface area contributed by atoms with Gasteiger partial charge in [0.25, 0.3) is 0 Å². The molecule has 2 heteroatoms.